The lowest BCUT2D eigenvalue weighted by atomic mass is 9.93. The number of guanidine groups is 1. The van der Waals surface area contributed by atoms with Crippen molar-refractivity contribution in [3.05, 3.63) is 35.4 Å². The van der Waals surface area contributed by atoms with E-state index in [1.807, 2.05) is 31.2 Å². The van der Waals surface area contributed by atoms with Gasteiger partial charge in [-0.1, -0.05) is 19.1 Å². The normalized spacial score (nSPS) is 14.6. The van der Waals surface area contributed by atoms with Gasteiger partial charge in [-0.25, -0.2) is 4.99 Å². The summed E-state index contributed by atoms with van der Waals surface area (Å²) in [7, 11) is 1.69. The molecule has 2 amide bonds. The molecule has 168 valence electrons. The Kier molecular flexibility index (Phi) is 12.4. The zero-order valence-electron chi connectivity index (χ0n) is 18.4. The van der Waals surface area contributed by atoms with Crippen molar-refractivity contribution in [2.75, 3.05) is 33.2 Å². The fourth-order valence-corrected chi connectivity index (χ4v) is 3.46. The van der Waals surface area contributed by atoms with E-state index >= 15 is 0 Å². The topological polar surface area (TPSA) is 85.8 Å². The van der Waals surface area contributed by atoms with Crippen LogP contribution in [0.4, 0.5) is 0 Å². The molecule has 0 aromatic heterocycles. The molecule has 0 radical (unpaired) electrons. The molecule has 1 saturated heterocycles. The zero-order valence-corrected chi connectivity index (χ0v) is 20.7. The largest absolute Gasteiger partial charge is 0.359 e. The van der Waals surface area contributed by atoms with Crippen LogP contribution in [0.25, 0.3) is 0 Å². The molecule has 0 unspecified atom stereocenters. The number of halogens is 1. The summed E-state index contributed by atoms with van der Waals surface area (Å²) < 4.78 is 0. The lowest BCUT2D eigenvalue weighted by Crippen LogP contribution is -2.46. The average molecular weight is 529 g/mol. The Morgan fingerprint density at radius 1 is 1.17 bits per heavy atom. The maximum absolute atomic E-state index is 12.2. The predicted molar refractivity (Wildman–Crippen MR) is 132 cm³/mol. The first-order valence-corrected chi connectivity index (χ1v) is 10.7. The van der Waals surface area contributed by atoms with Gasteiger partial charge in [-0.3, -0.25) is 9.59 Å². The van der Waals surface area contributed by atoms with Crippen molar-refractivity contribution < 1.29 is 9.59 Å². The molecule has 1 aromatic rings. The second-order valence-electron chi connectivity index (χ2n) is 7.43. The molecule has 1 aliphatic heterocycles. The highest BCUT2D eigenvalue weighted by atomic mass is 127. The second kappa shape index (κ2) is 14.2. The number of nitrogens with one attached hydrogen (secondary N) is 3. The number of benzene rings is 1. The number of carbonyl (C=O) groups excluding carboxylic acids is 2. The van der Waals surface area contributed by atoms with Gasteiger partial charge in [0.1, 0.15) is 0 Å². The average Bonchev–Trinajstić information content (AvgIpc) is 2.75. The molecule has 1 heterocycles. The Labute approximate surface area is 197 Å². The first-order chi connectivity index (χ1) is 14.1. The van der Waals surface area contributed by atoms with Crippen LogP contribution in [-0.2, 0) is 11.3 Å². The quantitative estimate of drug-likeness (QED) is 0.275. The van der Waals surface area contributed by atoms with E-state index in [-0.39, 0.29) is 35.8 Å². The van der Waals surface area contributed by atoms with E-state index in [1.165, 1.54) is 0 Å². The van der Waals surface area contributed by atoms with Crippen molar-refractivity contribution in [2.24, 2.45) is 10.9 Å². The summed E-state index contributed by atoms with van der Waals surface area (Å²) in [6.45, 7) is 7.90. The number of likely N-dealkylation sites (tertiary alicyclic amines) is 1. The number of carbonyl (C=O) groups is 2. The molecule has 7 nitrogen and oxygen atoms in total. The molecule has 2 rings (SSSR count). The van der Waals surface area contributed by atoms with E-state index in [0.29, 0.717) is 31.0 Å². The van der Waals surface area contributed by atoms with E-state index in [9.17, 15) is 9.59 Å². The summed E-state index contributed by atoms with van der Waals surface area (Å²) in [6, 6.07) is 7.65. The van der Waals surface area contributed by atoms with Gasteiger partial charge in [0, 0.05) is 45.2 Å². The summed E-state index contributed by atoms with van der Waals surface area (Å²) in [5.74, 6) is 1.41. The number of rotatable bonds is 8. The van der Waals surface area contributed by atoms with Gasteiger partial charge in [0.05, 0.1) is 6.54 Å². The van der Waals surface area contributed by atoms with Crippen LogP contribution in [0.1, 0.15) is 55.5 Å². The Morgan fingerprint density at radius 2 is 1.90 bits per heavy atom. The van der Waals surface area contributed by atoms with Crippen LogP contribution < -0.4 is 16.0 Å². The molecular formula is C22H36IN5O2. The third kappa shape index (κ3) is 8.49. The maximum atomic E-state index is 12.2. The van der Waals surface area contributed by atoms with Crippen LogP contribution in [0.5, 0.6) is 0 Å². The summed E-state index contributed by atoms with van der Waals surface area (Å²) in [4.78, 5) is 30.8. The Balaban J connectivity index is 0.00000450. The number of nitrogens with zero attached hydrogens (tertiary/aromatic N) is 2. The molecule has 1 fully saturated rings. The maximum Gasteiger partial charge on any atom is 0.251 e. The zero-order chi connectivity index (χ0) is 21.1. The highest BCUT2D eigenvalue weighted by molar-refractivity contribution is 14.0. The highest BCUT2D eigenvalue weighted by Crippen LogP contribution is 2.20. The second-order valence-corrected chi connectivity index (χ2v) is 7.43. The van der Waals surface area contributed by atoms with Gasteiger partial charge >= 0.3 is 0 Å². The van der Waals surface area contributed by atoms with E-state index in [4.69, 9.17) is 4.99 Å². The van der Waals surface area contributed by atoms with Crippen molar-refractivity contribution in [3.8, 4) is 0 Å². The first-order valence-electron chi connectivity index (χ1n) is 10.7. The van der Waals surface area contributed by atoms with Gasteiger partial charge in [-0.2, -0.15) is 0 Å². The Bertz CT molecular complexity index is 703. The van der Waals surface area contributed by atoms with Crippen LogP contribution in [0, 0.1) is 5.92 Å². The minimum absolute atomic E-state index is 0. The summed E-state index contributed by atoms with van der Waals surface area (Å²) in [6.07, 6.45) is 3.50. The standard InChI is InChI=1S/C22H35N5O2.HI/c1-4-11-25-21(29)19-8-6-7-18(14-19)16-26-22(24-5-2)27-12-9-17(10-13-27)15-20(28)23-3;/h6-8,14,17H,4-5,9-13,15-16H2,1-3H3,(H,23,28)(H,24,26)(H,25,29);1H. The molecule has 0 bridgehead atoms. The fourth-order valence-electron chi connectivity index (χ4n) is 3.46. The van der Waals surface area contributed by atoms with E-state index in [0.717, 1.165) is 50.4 Å². The molecule has 0 saturated carbocycles. The van der Waals surface area contributed by atoms with Gasteiger partial charge in [-0.15, -0.1) is 24.0 Å². The highest BCUT2D eigenvalue weighted by Gasteiger charge is 2.23. The van der Waals surface area contributed by atoms with E-state index in [2.05, 4.69) is 27.8 Å². The van der Waals surface area contributed by atoms with Crippen molar-refractivity contribution >= 4 is 41.8 Å². The van der Waals surface area contributed by atoms with Gasteiger partial charge in [0.15, 0.2) is 5.96 Å². The van der Waals surface area contributed by atoms with Crippen LogP contribution in [-0.4, -0.2) is 55.9 Å². The van der Waals surface area contributed by atoms with Gasteiger partial charge in [0.2, 0.25) is 5.91 Å². The van der Waals surface area contributed by atoms with E-state index < -0.39 is 0 Å². The minimum atomic E-state index is -0.0391. The third-order valence-electron chi connectivity index (χ3n) is 5.14. The molecule has 0 spiro atoms. The molecule has 0 aliphatic carbocycles. The summed E-state index contributed by atoms with van der Waals surface area (Å²) in [5.41, 5.74) is 1.69. The van der Waals surface area contributed by atoms with Crippen LogP contribution >= 0.6 is 24.0 Å². The lowest BCUT2D eigenvalue weighted by Gasteiger charge is -2.34. The summed E-state index contributed by atoms with van der Waals surface area (Å²) in [5, 5.41) is 8.99. The Hall–Kier alpha value is -1.84. The number of aliphatic imine (C=N–C) groups is 1. The smallest absolute Gasteiger partial charge is 0.251 e. The Morgan fingerprint density at radius 3 is 2.53 bits per heavy atom. The molecule has 3 N–H and O–H groups in total. The number of piperidine rings is 1. The number of hydrogen-bond acceptors (Lipinski definition) is 3. The molecule has 1 aromatic carbocycles. The fraction of sp³-hybridized carbons (Fsp3) is 0.591. The summed E-state index contributed by atoms with van der Waals surface area (Å²) >= 11 is 0. The van der Waals surface area contributed by atoms with Gasteiger partial charge in [-0.05, 0) is 49.8 Å². The van der Waals surface area contributed by atoms with Crippen LogP contribution in [0.3, 0.4) is 0 Å². The monoisotopic (exact) mass is 529 g/mol. The lowest BCUT2D eigenvalue weighted by molar-refractivity contribution is -0.121. The SMILES string of the molecule is CCCNC(=O)c1cccc(CN=C(NCC)N2CCC(CC(=O)NC)CC2)c1.I. The van der Waals surface area contributed by atoms with Crippen LogP contribution in [0.2, 0.25) is 0 Å². The van der Waals surface area contributed by atoms with Crippen molar-refractivity contribution in [2.45, 2.75) is 46.1 Å². The molecule has 0 atom stereocenters. The van der Waals surface area contributed by atoms with Crippen molar-refractivity contribution in [1.29, 1.82) is 0 Å². The molecule has 30 heavy (non-hydrogen) atoms. The van der Waals surface area contributed by atoms with Crippen LogP contribution in [0.15, 0.2) is 29.3 Å². The minimum Gasteiger partial charge on any atom is -0.359 e. The molecule has 8 heteroatoms. The third-order valence-corrected chi connectivity index (χ3v) is 5.14. The number of hydrogen-bond donors (Lipinski definition) is 3. The van der Waals surface area contributed by atoms with E-state index in [1.54, 1.807) is 7.05 Å². The van der Waals surface area contributed by atoms with Crippen molar-refractivity contribution in [1.82, 2.24) is 20.9 Å². The van der Waals surface area contributed by atoms with Gasteiger partial charge < -0.3 is 20.9 Å². The molecular weight excluding hydrogens is 493 g/mol. The number of amides is 2. The van der Waals surface area contributed by atoms with Gasteiger partial charge in [0.25, 0.3) is 5.91 Å². The molecule has 1 aliphatic rings. The predicted octanol–water partition coefficient (Wildman–Crippen LogP) is 2.76. The first kappa shape index (κ1) is 26.2. The van der Waals surface area contributed by atoms with Crippen molar-refractivity contribution in [3.63, 3.8) is 0 Å².